The first-order valence-corrected chi connectivity index (χ1v) is 5.13. The van der Waals surface area contributed by atoms with Gasteiger partial charge < -0.3 is 19.0 Å². The molecule has 4 nitrogen and oxygen atoms in total. The van der Waals surface area contributed by atoms with Crippen LogP contribution in [0, 0.1) is 0 Å². The van der Waals surface area contributed by atoms with Gasteiger partial charge in [0, 0.05) is 6.61 Å². The summed E-state index contributed by atoms with van der Waals surface area (Å²) in [7, 11) is 0. The van der Waals surface area contributed by atoms with Crippen LogP contribution in [0.3, 0.4) is 0 Å². The van der Waals surface area contributed by atoms with Gasteiger partial charge in [0.1, 0.15) is 12.2 Å². The van der Waals surface area contributed by atoms with Gasteiger partial charge in [-0.25, -0.2) is 0 Å². The minimum absolute atomic E-state index is 0.0111. The lowest BCUT2D eigenvalue weighted by molar-refractivity contribution is -0.158. The average Bonchev–Trinajstić information content (AvgIpc) is 2.25. The highest BCUT2D eigenvalue weighted by molar-refractivity contribution is 5.56. The number of hydrogen-bond acceptors (Lipinski definition) is 4. The van der Waals surface area contributed by atoms with Crippen molar-refractivity contribution in [3.8, 4) is 0 Å². The van der Waals surface area contributed by atoms with E-state index in [1.165, 1.54) is 0 Å². The second-order valence-electron chi connectivity index (χ2n) is 3.39. The van der Waals surface area contributed by atoms with Gasteiger partial charge in [0.05, 0.1) is 19.8 Å². The SMILES string of the molecule is CCCCOCC1COC(C=O)CO1. The Balaban J connectivity index is 2.01. The van der Waals surface area contributed by atoms with E-state index >= 15 is 0 Å². The minimum Gasteiger partial charge on any atom is -0.379 e. The molecular weight excluding hydrogens is 184 g/mol. The van der Waals surface area contributed by atoms with Gasteiger partial charge in [0.25, 0.3) is 0 Å². The lowest BCUT2D eigenvalue weighted by Crippen LogP contribution is -2.38. The smallest absolute Gasteiger partial charge is 0.151 e. The number of ether oxygens (including phenoxy) is 3. The van der Waals surface area contributed by atoms with Gasteiger partial charge >= 0.3 is 0 Å². The van der Waals surface area contributed by atoms with E-state index in [1.54, 1.807) is 0 Å². The lowest BCUT2D eigenvalue weighted by atomic mass is 10.3. The number of unbranched alkanes of at least 4 members (excludes halogenated alkanes) is 1. The minimum atomic E-state index is -0.387. The van der Waals surface area contributed by atoms with Crippen LogP contribution in [0.5, 0.6) is 0 Å². The summed E-state index contributed by atoms with van der Waals surface area (Å²) in [6.07, 6.45) is 2.58. The molecule has 4 heteroatoms. The zero-order valence-corrected chi connectivity index (χ0v) is 8.61. The number of aldehydes is 1. The maximum atomic E-state index is 10.3. The maximum absolute atomic E-state index is 10.3. The molecule has 1 fully saturated rings. The van der Waals surface area contributed by atoms with Gasteiger partial charge in [-0.05, 0) is 6.42 Å². The zero-order valence-electron chi connectivity index (χ0n) is 8.61. The van der Waals surface area contributed by atoms with E-state index in [9.17, 15) is 4.79 Å². The van der Waals surface area contributed by atoms with Crippen LogP contribution in [0.15, 0.2) is 0 Å². The number of carbonyl (C=O) groups excluding carboxylic acids is 1. The fourth-order valence-corrected chi connectivity index (χ4v) is 1.19. The molecule has 0 aromatic carbocycles. The molecule has 0 saturated carbocycles. The molecule has 0 amide bonds. The topological polar surface area (TPSA) is 44.8 Å². The lowest BCUT2D eigenvalue weighted by Gasteiger charge is -2.26. The highest BCUT2D eigenvalue weighted by atomic mass is 16.6. The van der Waals surface area contributed by atoms with Crippen LogP contribution in [-0.2, 0) is 19.0 Å². The molecule has 0 N–H and O–H groups in total. The third-order valence-corrected chi connectivity index (χ3v) is 2.09. The number of carbonyl (C=O) groups is 1. The Hall–Kier alpha value is -0.450. The molecule has 1 rings (SSSR count). The second-order valence-corrected chi connectivity index (χ2v) is 3.39. The molecule has 1 heterocycles. The van der Waals surface area contributed by atoms with Crippen molar-refractivity contribution in [1.29, 1.82) is 0 Å². The number of hydrogen-bond donors (Lipinski definition) is 0. The molecule has 0 bridgehead atoms. The highest BCUT2D eigenvalue weighted by Gasteiger charge is 2.21. The van der Waals surface area contributed by atoms with Gasteiger partial charge in [0.2, 0.25) is 0 Å². The summed E-state index contributed by atoms with van der Waals surface area (Å²) in [5.74, 6) is 0. The molecule has 0 aromatic rings. The maximum Gasteiger partial charge on any atom is 0.151 e. The summed E-state index contributed by atoms with van der Waals surface area (Å²) in [5.41, 5.74) is 0. The molecule has 82 valence electrons. The molecule has 2 unspecified atom stereocenters. The molecule has 1 aliphatic heterocycles. The summed E-state index contributed by atoms with van der Waals surface area (Å²) in [5, 5.41) is 0. The molecule has 0 radical (unpaired) electrons. The van der Waals surface area contributed by atoms with Crippen molar-refractivity contribution in [2.45, 2.75) is 32.0 Å². The first kappa shape index (κ1) is 11.6. The molecular formula is C10H18O4. The van der Waals surface area contributed by atoms with Crippen molar-refractivity contribution in [2.75, 3.05) is 26.4 Å². The molecule has 2 atom stereocenters. The van der Waals surface area contributed by atoms with E-state index in [4.69, 9.17) is 14.2 Å². The highest BCUT2D eigenvalue weighted by Crippen LogP contribution is 2.06. The van der Waals surface area contributed by atoms with Crippen molar-refractivity contribution in [3.05, 3.63) is 0 Å². The largest absolute Gasteiger partial charge is 0.379 e. The number of rotatable bonds is 6. The van der Waals surface area contributed by atoms with E-state index < -0.39 is 0 Å². The van der Waals surface area contributed by atoms with Gasteiger partial charge in [-0.1, -0.05) is 13.3 Å². The van der Waals surface area contributed by atoms with Crippen molar-refractivity contribution in [1.82, 2.24) is 0 Å². The van der Waals surface area contributed by atoms with Gasteiger partial charge in [-0.2, -0.15) is 0 Å². The first-order valence-electron chi connectivity index (χ1n) is 5.13. The molecule has 1 aliphatic rings. The third kappa shape index (κ3) is 4.17. The predicted octanol–water partition coefficient (Wildman–Crippen LogP) is 0.786. The quantitative estimate of drug-likeness (QED) is 0.472. The second kappa shape index (κ2) is 6.92. The summed E-state index contributed by atoms with van der Waals surface area (Å²) in [4.78, 5) is 10.3. The molecule has 0 spiro atoms. The van der Waals surface area contributed by atoms with Gasteiger partial charge in [-0.15, -0.1) is 0 Å². The van der Waals surface area contributed by atoms with Crippen LogP contribution >= 0.6 is 0 Å². The van der Waals surface area contributed by atoms with Crippen LogP contribution < -0.4 is 0 Å². The van der Waals surface area contributed by atoms with Crippen LogP contribution in [0.4, 0.5) is 0 Å². The molecule has 0 aliphatic carbocycles. The van der Waals surface area contributed by atoms with Crippen molar-refractivity contribution in [3.63, 3.8) is 0 Å². The Labute approximate surface area is 84.5 Å². The van der Waals surface area contributed by atoms with E-state index in [-0.39, 0.29) is 12.2 Å². The van der Waals surface area contributed by atoms with Crippen molar-refractivity contribution >= 4 is 6.29 Å². The van der Waals surface area contributed by atoms with Gasteiger partial charge in [0.15, 0.2) is 6.29 Å². The van der Waals surface area contributed by atoms with Crippen LogP contribution in [0.1, 0.15) is 19.8 Å². The monoisotopic (exact) mass is 202 g/mol. The Morgan fingerprint density at radius 3 is 2.86 bits per heavy atom. The predicted molar refractivity (Wildman–Crippen MR) is 51.3 cm³/mol. The first-order chi connectivity index (χ1) is 6.86. The van der Waals surface area contributed by atoms with Crippen molar-refractivity contribution in [2.24, 2.45) is 0 Å². The summed E-state index contributed by atoms with van der Waals surface area (Å²) < 4.78 is 16.0. The Kier molecular flexibility index (Phi) is 5.75. The third-order valence-electron chi connectivity index (χ3n) is 2.09. The fourth-order valence-electron chi connectivity index (χ4n) is 1.19. The van der Waals surface area contributed by atoms with Crippen LogP contribution in [-0.4, -0.2) is 44.9 Å². The Bertz CT molecular complexity index is 152. The molecule has 14 heavy (non-hydrogen) atoms. The van der Waals surface area contributed by atoms with Gasteiger partial charge in [-0.3, -0.25) is 0 Å². The average molecular weight is 202 g/mol. The van der Waals surface area contributed by atoms with E-state index in [0.717, 1.165) is 25.7 Å². The van der Waals surface area contributed by atoms with Crippen LogP contribution in [0.25, 0.3) is 0 Å². The summed E-state index contributed by atoms with van der Waals surface area (Å²) in [6, 6.07) is 0. The van der Waals surface area contributed by atoms with E-state index in [1.807, 2.05) is 0 Å². The van der Waals surface area contributed by atoms with E-state index in [2.05, 4.69) is 6.92 Å². The standard InChI is InChI=1S/C10H18O4/c1-2-3-4-12-6-10-8-13-9(5-11)7-14-10/h5,9-10H,2-4,6-8H2,1H3. The zero-order chi connectivity index (χ0) is 10.2. The molecule has 1 saturated heterocycles. The summed E-state index contributed by atoms with van der Waals surface area (Å²) in [6.45, 7) is 4.26. The van der Waals surface area contributed by atoms with Crippen LogP contribution in [0.2, 0.25) is 0 Å². The van der Waals surface area contributed by atoms with E-state index in [0.29, 0.717) is 19.8 Å². The molecule has 0 aromatic heterocycles. The Morgan fingerprint density at radius 1 is 1.43 bits per heavy atom. The normalized spacial score (nSPS) is 27.5. The fraction of sp³-hybridized carbons (Fsp3) is 0.900. The Morgan fingerprint density at radius 2 is 2.29 bits per heavy atom. The summed E-state index contributed by atoms with van der Waals surface area (Å²) >= 11 is 0. The van der Waals surface area contributed by atoms with Crippen molar-refractivity contribution < 1.29 is 19.0 Å².